The first-order chi connectivity index (χ1) is 16.4. The zero-order valence-electron chi connectivity index (χ0n) is 18.3. The van der Waals surface area contributed by atoms with Crippen LogP contribution in [0.5, 0.6) is 5.75 Å². The minimum atomic E-state index is -4.19. The van der Waals surface area contributed by atoms with Crippen molar-refractivity contribution >= 4 is 45.0 Å². The lowest BCUT2D eigenvalue weighted by Crippen LogP contribution is -2.38. The highest BCUT2D eigenvalue weighted by Gasteiger charge is 2.22. The fourth-order valence-electron chi connectivity index (χ4n) is 2.83. The first kappa shape index (κ1) is 25.5. The van der Waals surface area contributed by atoms with E-state index in [4.69, 9.17) is 16.3 Å². The van der Waals surface area contributed by atoms with Crippen LogP contribution in [0.1, 0.15) is 10.4 Å². The van der Waals surface area contributed by atoms with E-state index < -0.39 is 51.1 Å². The maximum Gasteiger partial charge on any atom is 0.342 e. The summed E-state index contributed by atoms with van der Waals surface area (Å²) in [6.07, 6.45) is 0. The molecule has 3 rings (SSSR count). The molecule has 0 bridgehead atoms. The molecule has 12 nitrogen and oxygen atoms in total. The van der Waals surface area contributed by atoms with Gasteiger partial charge in [0.25, 0.3) is 21.5 Å². The van der Waals surface area contributed by atoms with Gasteiger partial charge in [0.2, 0.25) is 0 Å². The second-order valence-electron chi connectivity index (χ2n) is 7.16. The first-order valence-electron chi connectivity index (χ1n) is 9.75. The van der Waals surface area contributed by atoms with E-state index in [1.54, 1.807) is 12.1 Å². The van der Waals surface area contributed by atoms with Gasteiger partial charge >= 0.3 is 11.7 Å². The van der Waals surface area contributed by atoms with Crippen LogP contribution in [0.25, 0.3) is 0 Å². The molecule has 0 atom stereocenters. The predicted molar refractivity (Wildman–Crippen MR) is 126 cm³/mol. The van der Waals surface area contributed by atoms with Crippen molar-refractivity contribution in [1.82, 2.24) is 9.13 Å². The number of hydrogen-bond donors (Lipinski definition) is 3. The first-order valence-corrected chi connectivity index (χ1v) is 11.6. The van der Waals surface area contributed by atoms with Crippen LogP contribution in [-0.2, 0) is 33.7 Å². The normalized spacial score (nSPS) is 11.1. The fourth-order valence-corrected chi connectivity index (χ4v) is 4.18. The summed E-state index contributed by atoms with van der Waals surface area (Å²) in [5, 5.41) is 12.4. The van der Waals surface area contributed by atoms with Crippen LogP contribution in [0, 0.1) is 0 Å². The number of aromatic nitrogens is 2. The van der Waals surface area contributed by atoms with E-state index in [-0.39, 0.29) is 21.4 Å². The molecule has 3 N–H and O–H groups in total. The van der Waals surface area contributed by atoms with Crippen molar-refractivity contribution in [2.24, 2.45) is 14.1 Å². The number of phenols is 1. The van der Waals surface area contributed by atoms with Crippen LogP contribution < -0.4 is 21.3 Å². The number of carbonyl (C=O) groups is 2. The van der Waals surface area contributed by atoms with Crippen LogP contribution in [0.2, 0.25) is 5.02 Å². The average molecular weight is 523 g/mol. The van der Waals surface area contributed by atoms with E-state index in [2.05, 4.69) is 10.0 Å². The molecule has 0 fully saturated rings. The molecule has 1 heterocycles. The van der Waals surface area contributed by atoms with Gasteiger partial charge < -0.3 is 15.2 Å². The number of esters is 1. The number of anilines is 2. The Morgan fingerprint density at radius 2 is 1.74 bits per heavy atom. The van der Waals surface area contributed by atoms with Gasteiger partial charge in [-0.25, -0.2) is 18.0 Å². The van der Waals surface area contributed by atoms with E-state index in [0.29, 0.717) is 0 Å². The summed E-state index contributed by atoms with van der Waals surface area (Å²) in [5.74, 6) is -2.78. The van der Waals surface area contributed by atoms with E-state index in [9.17, 15) is 32.7 Å². The van der Waals surface area contributed by atoms with Crippen molar-refractivity contribution in [2.45, 2.75) is 4.90 Å². The maximum atomic E-state index is 12.7. The van der Waals surface area contributed by atoms with Gasteiger partial charge in [-0.3, -0.25) is 23.4 Å². The molecule has 0 spiro atoms. The van der Waals surface area contributed by atoms with Crippen molar-refractivity contribution in [2.75, 3.05) is 16.6 Å². The second kappa shape index (κ2) is 10.0. The minimum absolute atomic E-state index is 0.105. The average Bonchev–Trinajstić information content (AvgIpc) is 2.81. The Morgan fingerprint density at radius 1 is 1.06 bits per heavy atom. The third-order valence-electron chi connectivity index (χ3n) is 4.74. The molecular weight excluding hydrogens is 504 g/mol. The number of amides is 1. The fraction of sp³-hybridized carbons (Fsp3) is 0.143. The van der Waals surface area contributed by atoms with E-state index in [1.165, 1.54) is 26.2 Å². The Morgan fingerprint density at radius 3 is 2.43 bits per heavy atom. The third-order valence-corrected chi connectivity index (χ3v) is 6.44. The number of rotatable bonds is 7. The van der Waals surface area contributed by atoms with Crippen LogP contribution in [-0.4, -0.2) is 41.1 Å². The number of carbonyl (C=O) groups excluding carboxylic acids is 2. The molecule has 0 unspecified atom stereocenters. The lowest BCUT2D eigenvalue weighted by Gasteiger charge is -2.12. The molecule has 35 heavy (non-hydrogen) atoms. The van der Waals surface area contributed by atoms with Crippen LogP contribution in [0.15, 0.2) is 63.0 Å². The van der Waals surface area contributed by atoms with Gasteiger partial charge in [0.15, 0.2) is 6.61 Å². The number of ether oxygens (including phenoxy) is 1. The number of para-hydroxylation sites is 1. The highest BCUT2D eigenvalue weighted by Crippen LogP contribution is 2.27. The summed E-state index contributed by atoms with van der Waals surface area (Å²) in [6, 6.07) is 10.0. The summed E-state index contributed by atoms with van der Waals surface area (Å²) < 4.78 is 34.4. The molecule has 0 aliphatic rings. The number of nitrogens with zero attached hydrogens (tertiary/aromatic N) is 2. The van der Waals surface area contributed by atoms with Crippen LogP contribution in [0.4, 0.5) is 11.5 Å². The van der Waals surface area contributed by atoms with Gasteiger partial charge in [-0.15, -0.1) is 0 Å². The zero-order chi connectivity index (χ0) is 25.9. The largest absolute Gasteiger partial charge is 0.507 e. The van der Waals surface area contributed by atoms with Crippen molar-refractivity contribution < 1.29 is 27.9 Å². The summed E-state index contributed by atoms with van der Waals surface area (Å²) in [7, 11) is -1.60. The van der Waals surface area contributed by atoms with E-state index >= 15 is 0 Å². The van der Waals surface area contributed by atoms with Crippen LogP contribution >= 0.6 is 11.6 Å². The molecule has 0 aliphatic heterocycles. The van der Waals surface area contributed by atoms with Crippen molar-refractivity contribution in [1.29, 1.82) is 0 Å². The van der Waals surface area contributed by atoms with Gasteiger partial charge in [-0.05, 0) is 30.3 Å². The molecule has 2 aromatic carbocycles. The van der Waals surface area contributed by atoms with E-state index in [0.717, 1.165) is 33.4 Å². The van der Waals surface area contributed by atoms with Crippen LogP contribution in [0.3, 0.4) is 0 Å². The molecule has 1 amide bonds. The maximum absolute atomic E-state index is 12.7. The lowest BCUT2D eigenvalue weighted by molar-refractivity contribution is -0.119. The molecule has 0 saturated carbocycles. The summed E-state index contributed by atoms with van der Waals surface area (Å²) in [4.78, 5) is 47.9. The van der Waals surface area contributed by atoms with Gasteiger partial charge in [-0.2, -0.15) is 0 Å². The zero-order valence-corrected chi connectivity index (χ0v) is 19.9. The summed E-state index contributed by atoms with van der Waals surface area (Å²) in [5.41, 5.74) is -1.75. The second-order valence-corrected chi connectivity index (χ2v) is 9.25. The quantitative estimate of drug-likeness (QED) is 0.387. The monoisotopic (exact) mass is 522 g/mol. The van der Waals surface area contributed by atoms with Gasteiger partial charge in [-0.1, -0.05) is 23.7 Å². The smallest absolute Gasteiger partial charge is 0.342 e. The molecule has 0 aliphatic carbocycles. The number of benzene rings is 2. The Labute approximate surface area is 203 Å². The highest BCUT2D eigenvalue weighted by atomic mass is 35.5. The van der Waals surface area contributed by atoms with Crippen molar-refractivity contribution in [3.05, 3.63) is 80.0 Å². The number of aromatic hydroxyl groups is 1. The van der Waals surface area contributed by atoms with Crippen molar-refractivity contribution in [3.8, 4) is 5.75 Å². The van der Waals surface area contributed by atoms with Crippen molar-refractivity contribution in [3.63, 3.8) is 0 Å². The Bertz CT molecular complexity index is 1550. The minimum Gasteiger partial charge on any atom is -0.507 e. The molecule has 0 radical (unpaired) electrons. The topological polar surface area (TPSA) is 166 Å². The predicted octanol–water partition coefficient (Wildman–Crippen LogP) is 1.04. The number of sulfonamides is 1. The standard InChI is InChI=1S/C21H19ClN4O8S/c1-25-17(10-19(29)26(2)21(25)31)23-18(28)11-34-20(30)13-9-12(7-8-16(13)27)35(32,33)24-15-6-4-3-5-14(15)22/h3-10,24,27H,11H2,1-2H3,(H,23,28). The molecule has 184 valence electrons. The summed E-state index contributed by atoms with van der Waals surface area (Å²) in [6.45, 7) is -0.851. The Kier molecular flexibility index (Phi) is 7.31. The molecular formula is C21H19ClN4O8S. The SMILES string of the molecule is Cn1c(NC(=O)COC(=O)c2cc(S(=O)(=O)Nc3ccccc3Cl)ccc2O)cc(=O)n(C)c1=O. The molecule has 1 aromatic heterocycles. The molecule has 3 aromatic rings. The van der Waals surface area contributed by atoms with Gasteiger partial charge in [0.1, 0.15) is 17.1 Å². The Hall–Kier alpha value is -4.10. The number of nitrogens with one attached hydrogen (secondary N) is 2. The van der Waals surface area contributed by atoms with E-state index in [1.807, 2.05) is 0 Å². The highest BCUT2D eigenvalue weighted by molar-refractivity contribution is 7.92. The number of halogens is 1. The third kappa shape index (κ3) is 5.70. The number of hydrogen-bond acceptors (Lipinski definition) is 8. The molecule has 0 saturated heterocycles. The summed E-state index contributed by atoms with van der Waals surface area (Å²) >= 11 is 5.97. The van der Waals surface area contributed by atoms with Gasteiger partial charge in [0, 0.05) is 20.2 Å². The number of phenolic OH excluding ortho intramolecular Hbond substituents is 1. The Balaban J connectivity index is 1.74. The van der Waals surface area contributed by atoms with Gasteiger partial charge in [0.05, 0.1) is 15.6 Å². The molecule has 14 heteroatoms. The lowest BCUT2D eigenvalue weighted by atomic mass is 10.2.